The predicted octanol–water partition coefficient (Wildman–Crippen LogP) is -3.03. The van der Waals surface area contributed by atoms with Gasteiger partial charge in [0, 0.05) is 12.3 Å². The zero-order valence-electron chi connectivity index (χ0n) is 10.3. The number of H-pyrrole nitrogens is 1. The van der Waals surface area contributed by atoms with Crippen molar-refractivity contribution >= 4 is 5.97 Å². The molecule has 0 aliphatic carbocycles. The normalized spacial score (nSPS) is 32.6. The van der Waals surface area contributed by atoms with Crippen LogP contribution in [0.5, 0.6) is 6.01 Å². The molecular weight excluding hydrogens is 292 g/mol. The van der Waals surface area contributed by atoms with Gasteiger partial charge in [0.2, 0.25) is 6.29 Å². The molecular formula is C10H12N2O9. The van der Waals surface area contributed by atoms with Crippen LogP contribution in [0.2, 0.25) is 0 Å². The first-order valence-electron chi connectivity index (χ1n) is 5.71. The summed E-state index contributed by atoms with van der Waals surface area (Å²) >= 11 is 0. The molecule has 0 spiro atoms. The molecule has 1 aromatic rings. The van der Waals surface area contributed by atoms with Crippen molar-refractivity contribution < 1.29 is 39.7 Å². The minimum atomic E-state index is -1.84. The molecule has 1 unspecified atom stereocenters. The lowest BCUT2D eigenvalue weighted by molar-refractivity contribution is -0.383. The lowest BCUT2D eigenvalue weighted by Gasteiger charge is -2.37. The van der Waals surface area contributed by atoms with Gasteiger partial charge in [0.05, 0.1) is 0 Å². The van der Waals surface area contributed by atoms with Crippen LogP contribution in [0, 0.1) is 0 Å². The average Bonchev–Trinajstić information content (AvgIpc) is 2.44. The van der Waals surface area contributed by atoms with E-state index >= 15 is 0 Å². The maximum atomic E-state index is 11.0. The molecule has 21 heavy (non-hydrogen) atoms. The highest BCUT2D eigenvalue weighted by molar-refractivity contribution is 5.73. The number of hydrogen-bond donors (Lipinski definition) is 5. The number of aliphatic carboxylic acids is 1. The number of aliphatic hydroxyl groups excluding tert-OH is 3. The Labute approximate surface area is 116 Å². The number of aromatic amines is 1. The van der Waals surface area contributed by atoms with Crippen LogP contribution in [-0.4, -0.2) is 67.1 Å². The first kappa shape index (κ1) is 15.3. The van der Waals surface area contributed by atoms with Crippen molar-refractivity contribution in [3.63, 3.8) is 0 Å². The Kier molecular flexibility index (Phi) is 4.50. The highest BCUT2D eigenvalue weighted by atomic mass is 17.2. The number of nitrogens with one attached hydrogen (secondary N) is 1. The molecule has 11 nitrogen and oxygen atoms in total. The van der Waals surface area contributed by atoms with E-state index in [4.69, 9.17) is 9.84 Å². The molecule has 116 valence electrons. The zero-order valence-corrected chi connectivity index (χ0v) is 10.3. The number of carboxylic acid groups (broad SMARTS) is 1. The number of aliphatic hydroxyl groups is 3. The summed E-state index contributed by atoms with van der Waals surface area (Å²) in [5.41, 5.74) is -0.535. The molecule has 1 aliphatic heterocycles. The van der Waals surface area contributed by atoms with Gasteiger partial charge in [0.1, 0.15) is 18.3 Å². The molecule has 1 aromatic heterocycles. The zero-order chi connectivity index (χ0) is 15.6. The SMILES string of the molecule is O=C(O)[C@H]1OC(OOc2nccc(=O)[nH]2)[C@H](O)[C@@H](O)[C@@H]1O. The monoisotopic (exact) mass is 304 g/mol. The second-order valence-electron chi connectivity index (χ2n) is 4.15. The van der Waals surface area contributed by atoms with Crippen LogP contribution in [-0.2, 0) is 14.4 Å². The van der Waals surface area contributed by atoms with Crippen molar-refractivity contribution in [2.24, 2.45) is 0 Å². The third kappa shape index (κ3) is 3.34. The number of ether oxygens (including phenoxy) is 1. The standard InChI is InChI=1S/C10H12N2O9/c13-3-1-2-11-10(12-3)21-20-9-6(16)4(14)5(15)7(19-9)8(17)18/h1-2,4-7,9,14-16H,(H,17,18)(H,11,12,13)/t4-,5-,6+,7-,9?/m0/s1. The van der Waals surface area contributed by atoms with Gasteiger partial charge >= 0.3 is 12.0 Å². The summed E-state index contributed by atoms with van der Waals surface area (Å²) in [5, 5.41) is 37.4. The van der Waals surface area contributed by atoms with E-state index in [0.29, 0.717) is 0 Å². The summed E-state index contributed by atoms with van der Waals surface area (Å²) in [5.74, 6) is -1.56. The van der Waals surface area contributed by atoms with E-state index < -0.39 is 42.2 Å². The van der Waals surface area contributed by atoms with Gasteiger partial charge in [-0.15, -0.1) is 4.89 Å². The van der Waals surface area contributed by atoms with Crippen molar-refractivity contribution in [3.05, 3.63) is 22.6 Å². The number of carboxylic acids is 1. The maximum absolute atomic E-state index is 11.0. The molecule has 2 rings (SSSR count). The van der Waals surface area contributed by atoms with Crippen molar-refractivity contribution in [1.29, 1.82) is 0 Å². The second-order valence-corrected chi connectivity index (χ2v) is 4.15. The number of hydrogen-bond acceptors (Lipinski definition) is 9. The molecule has 0 amide bonds. The van der Waals surface area contributed by atoms with Crippen molar-refractivity contribution in [2.45, 2.75) is 30.7 Å². The molecule has 5 atom stereocenters. The Bertz CT molecular complexity index is 561. The molecule has 0 radical (unpaired) electrons. The Balaban J connectivity index is 2.04. The summed E-state index contributed by atoms with van der Waals surface area (Å²) in [4.78, 5) is 36.7. The van der Waals surface area contributed by atoms with Gasteiger partial charge < -0.3 is 25.2 Å². The van der Waals surface area contributed by atoms with Crippen LogP contribution in [0.25, 0.3) is 0 Å². The summed E-state index contributed by atoms with van der Waals surface area (Å²) in [6.45, 7) is 0. The number of rotatable bonds is 4. The van der Waals surface area contributed by atoms with Crippen molar-refractivity contribution in [1.82, 2.24) is 9.97 Å². The fourth-order valence-electron chi connectivity index (χ4n) is 1.62. The van der Waals surface area contributed by atoms with Gasteiger partial charge in [-0.05, 0) is 0 Å². The van der Waals surface area contributed by atoms with E-state index in [-0.39, 0.29) is 6.01 Å². The molecule has 5 N–H and O–H groups in total. The maximum Gasteiger partial charge on any atom is 0.335 e. The van der Waals surface area contributed by atoms with Gasteiger partial charge in [-0.1, -0.05) is 0 Å². The lowest BCUT2D eigenvalue weighted by atomic mass is 9.99. The van der Waals surface area contributed by atoms with E-state index in [2.05, 4.69) is 19.7 Å². The van der Waals surface area contributed by atoms with Gasteiger partial charge in [-0.25, -0.2) is 9.78 Å². The summed E-state index contributed by atoms with van der Waals surface area (Å²) < 4.78 is 4.77. The molecule has 2 heterocycles. The Morgan fingerprint density at radius 2 is 2.00 bits per heavy atom. The van der Waals surface area contributed by atoms with Crippen LogP contribution in [0.15, 0.2) is 17.1 Å². The van der Waals surface area contributed by atoms with Crippen LogP contribution in [0.3, 0.4) is 0 Å². The van der Waals surface area contributed by atoms with E-state index in [1.807, 2.05) is 0 Å². The van der Waals surface area contributed by atoms with Crippen LogP contribution in [0.4, 0.5) is 0 Å². The fraction of sp³-hybridized carbons (Fsp3) is 0.500. The average molecular weight is 304 g/mol. The minimum Gasteiger partial charge on any atom is -0.479 e. The van der Waals surface area contributed by atoms with Crippen LogP contribution in [0.1, 0.15) is 0 Å². The van der Waals surface area contributed by atoms with E-state index in [9.17, 15) is 24.9 Å². The smallest absolute Gasteiger partial charge is 0.335 e. The fourth-order valence-corrected chi connectivity index (χ4v) is 1.62. The second kappa shape index (κ2) is 6.15. The number of nitrogens with zero attached hydrogens (tertiary/aromatic N) is 1. The predicted molar refractivity (Wildman–Crippen MR) is 60.9 cm³/mol. The third-order valence-corrected chi connectivity index (χ3v) is 2.68. The topological polar surface area (TPSA) is 171 Å². The Morgan fingerprint density at radius 1 is 1.29 bits per heavy atom. The first-order chi connectivity index (χ1) is 9.90. The van der Waals surface area contributed by atoms with Gasteiger partial charge in [0.25, 0.3) is 5.56 Å². The number of aromatic nitrogens is 2. The lowest BCUT2D eigenvalue weighted by Crippen LogP contribution is -2.60. The minimum absolute atomic E-state index is 0.370. The summed E-state index contributed by atoms with van der Waals surface area (Å²) in [6, 6.07) is 0.741. The summed E-state index contributed by atoms with van der Waals surface area (Å²) in [7, 11) is 0. The van der Waals surface area contributed by atoms with Gasteiger partial charge in [-0.3, -0.25) is 14.7 Å². The van der Waals surface area contributed by atoms with Crippen LogP contribution >= 0.6 is 0 Å². The van der Waals surface area contributed by atoms with E-state index in [1.54, 1.807) is 0 Å². The highest BCUT2D eigenvalue weighted by Gasteiger charge is 2.48. The van der Waals surface area contributed by atoms with Gasteiger partial charge in [-0.2, -0.15) is 0 Å². The van der Waals surface area contributed by atoms with Crippen LogP contribution < -0.4 is 10.4 Å². The number of carbonyl (C=O) groups is 1. The quantitative estimate of drug-likeness (QED) is 0.284. The highest BCUT2D eigenvalue weighted by Crippen LogP contribution is 2.22. The molecule has 1 aliphatic rings. The first-order valence-corrected chi connectivity index (χ1v) is 5.71. The third-order valence-electron chi connectivity index (χ3n) is 2.68. The molecule has 0 bridgehead atoms. The summed E-state index contributed by atoms with van der Waals surface area (Å²) in [6.07, 6.45) is -7.85. The molecule has 0 saturated carbocycles. The van der Waals surface area contributed by atoms with E-state index in [0.717, 1.165) is 12.3 Å². The molecule has 1 saturated heterocycles. The van der Waals surface area contributed by atoms with Crippen molar-refractivity contribution in [2.75, 3.05) is 0 Å². The van der Waals surface area contributed by atoms with Gasteiger partial charge in [0.15, 0.2) is 6.10 Å². The largest absolute Gasteiger partial charge is 0.479 e. The molecule has 1 fully saturated rings. The molecule has 0 aromatic carbocycles. The Hall–Kier alpha value is -2.05. The van der Waals surface area contributed by atoms with Crippen molar-refractivity contribution in [3.8, 4) is 6.01 Å². The van der Waals surface area contributed by atoms with E-state index in [1.165, 1.54) is 0 Å². The molecule has 11 heteroatoms. The Morgan fingerprint density at radius 3 is 2.62 bits per heavy atom.